The van der Waals surface area contributed by atoms with Crippen LogP contribution in [0.25, 0.3) is 6.08 Å². The number of nitrogens with one attached hydrogen (secondary N) is 1. The first-order valence-corrected chi connectivity index (χ1v) is 8.57. The molecule has 11 nitrogen and oxygen atoms in total. The van der Waals surface area contributed by atoms with Gasteiger partial charge in [0.15, 0.2) is 18.1 Å². The quantitative estimate of drug-likeness (QED) is 0.265. The third kappa shape index (κ3) is 5.94. The number of nitrogens with zero attached hydrogens (tertiary/aromatic N) is 2. The second-order valence-corrected chi connectivity index (χ2v) is 5.86. The summed E-state index contributed by atoms with van der Waals surface area (Å²) in [6, 6.07) is 9.96. The molecule has 2 aromatic carbocycles. The van der Waals surface area contributed by atoms with Crippen molar-refractivity contribution in [3.8, 4) is 23.3 Å². The molecule has 0 aliphatic heterocycles. The Kier molecular flexibility index (Phi) is 7.51. The molecule has 0 fully saturated rings. The third-order valence-corrected chi connectivity index (χ3v) is 3.86. The number of nitriles is 1. The minimum Gasteiger partial charge on any atom is -0.496 e. The van der Waals surface area contributed by atoms with E-state index >= 15 is 0 Å². The van der Waals surface area contributed by atoms with E-state index in [-0.39, 0.29) is 28.5 Å². The molecule has 0 aliphatic rings. The van der Waals surface area contributed by atoms with Crippen LogP contribution in [0, 0.1) is 21.4 Å². The van der Waals surface area contributed by atoms with Crippen LogP contribution < -0.4 is 19.5 Å². The fourth-order valence-corrected chi connectivity index (χ4v) is 2.43. The lowest BCUT2D eigenvalue weighted by Gasteiger charge is -2.10. The van der Waals surface area contributed by atoms with Crippen LogP contribution in [0.4, 0.5) is 11.4 Å². The van der Waals surface area contributed by atoms with Crippen LogP contribution in [0.3, 0.4) is 0 Å². The highest BCUT2D eigenvalue weighted by molar-refractivity contribution is 6.10. The van der Waals surface area contributed by atoms with Gasteiger partial charge in [-0.05, 0) is 35.9 Å². The van der Waals surface area contributed by atoms with E-state index in [9.17, 15) is 25.0 Å². The molecular weight excluding hydrogens is 410 g/mol. The number of ether oxygens (including phenoxy) is 3. The third-order valence-electron chi connectivity index (χ3n) is 3.86. The summed E-state index contributed by atoms with van der Waals surface area (Å²) < 4.78 is 15.2. The fraction of sp³-hybridized carbons (Fsp3) is 0.150. The molecule has 2 aromatic rings. The second kappa shape index (κ2) is 10.3. The summed E-state index contributed by atoms with van der Waals surface area (Å²) in [5.41, 5.74) is -0.444. The zero-order valence-corrected chi connectivity index (χ0v) is 16.4. The Morgan fingerprint density at radius 1 is 1.19 bits per heavy atom. The summed E-state index contributed by atoms with van der Waals surface area (Å²) >= 11 is 0. The van der Waals surface area contributed by atoms with E-state index in [0.29, 0.717) is 5.56 Å². The Bertz CT molecular complexity index is 1090. The van der Waals surface area contributed by atoms with E-state index in [1.165, 1.54) is 50.6 Å². The van der Waals surface area contributed by atoms with E-state index < -0.39 is 29.1 Å². The normalized spacial score (nSPS) is 10.5. The standard InChI is InChI=1S/C20H17N3O8/c1-29-14-4-5-15(16(9-14)23(27)28)22-20(26)13(10-21)7-12-3-6-17(18(8-12)30-2)31-11-19(24)25/h3-9H,11H2,1-2H3,(H,22,26)(H,24,25)/b13-7+. The van der Waals surface area contributed by atoms with Crippen LogP contribution in [0.15, 0.2) is 42.0 Å². The zero-order valence-electron chi connectivity index (χ0n) is 16.4. The summed E-state index contributed by atoms with van der Waals surface area (Å²) in [7, 11) is 2.69. The smallest absolute Gasteiger partial charge is 0.341 e. The number of nitro groups is 1. The molecule has 11 heteroatoms. The first kappa shape index (κ1) is 22.7. The fourth-order valence-electron chi connectivity index (χ4n) is 2.43. The van der Waals surface area contributed by atoms with Gasteiger partial charge in [0.05, 0.1) is 25.2 Å². The number of anilines is 1. The molecule has 1 amide bonds. The monoisotopic (exact) mass is 427 g/mol. The number of benzene rings is 2. The van der Waals surface area contributed by atoms with Gasteiger partial charge in [-0.2, -0.15) is 5.26 Å². The maximum absolute atomic E-state index is 12.5. The van der Waals surface area contributed by atoms with Gasteiger partial charge in [-0.15, -0.1) is 0 Å². The summed E-state index contributed by atoms with van der Waals surface area (Å²) in [6.07, 6.45) is 1.24. The topological polar surface area (TPSA) is 161 Å². The van der Waals surface area contributed by atoms with Gasteiger partial charge in [-0.25, -0.2) is 4.79 Å². The molecule has 2 rings (SSSR count). The van der Waals surface area contributed by atoms with E-state index in [1.54, 1.807) is 6.07 Å². The predicted molar refractivity (Wildman–Crippen MR) is 108 cm³/mol. The molecule has 0 heterocycles. The van der Waals surface area contributed by atoms with Crippen LogP contribution in [0.2, 0.25) is 0 Å². The lowest BCUT2D eigenvalue weighted by Crippen LogP contribution is -2.14. The van der Waals surface area contributed by atoms with E-state index in [4.69, 9.17) is 19.3 Å². The highest BCUT2D eigenvalue weighted by Gasteiger charge is 2.19. The lowest BCUT2D eigenvalue weighted by atomic mass is 10.1. The van der Waals surface area contributed by atoms with Crippen LogP contribution in [-0.4, -0.2) is 42.7 Å². The molecule has 0 radical (unpaired) electrons. The summed E-state index contributed by atoms with van der Waals surface area (Å²) in [5.74, 6) is -1.43. The number of aliphatic carboxylic acids is 1. The van der Waals surface area contributed by atoms with Gasteiger partial charge in [0.1, 0.15) is 23.1 Å². The Balaban J connectivity index is 2.30. The van der Waals surface area contributed by atoms with Gasteiger partial charge >= 0.3 is 5.97 Å². The van der Waals surface area contributed by atoms with Crippen LogP contribution >= 0.6 is 0 Å². The molecule has 0 saturated carbocycles. The first-order chi connectivity index (χ1) is 14.8. The van der Waals surface area contributed by atoms with Crippen molar-refractivity contribution in [2.75, 3.05) is 26.1 Å². The number of nitro benzene ring substituents is 1. The SMILES string of the molecule is COc1ccc(NC(=O)/C(C#N)=C/c2ccc(OCC(=O)O)c(OC)c2)c([N+](=O)[O-])c1. The average Bonchev–Trinajstić information content (AvgIpc) is 2.76. The highest BCUT2D eigenvalue weighted by atomic mass is 16.6. The van der Waals surface area contributed by atoms with E-state index in [2.05, 4.69) is 5.32 Å². The van der Waals surface area contributed by atoms with Crippen molar-refractivity contribution in [2.45, 2.75) is 0 Å². The van der Waals surface area contributed by atoms with Crippen molar-refractivity contribution in [2.24, 2.45) is 0 Å². The molecule has 0 aromatic heterocycles. The van der Waals surface area contributed by atoms with Crippen molar-refractivity contribution >= 4 is 29.3 Å². The molecule has 0 spiro atoms. The van der Waals surface area contributed by atoms with E-state index in [1.807, 2.05) is 0 Å². The number of carboxylic acids is 1. The minimum atomic E-state index is -1.16. The number of methoxy groups -OCH3 is 2. The molecule has 0 bridgehead atoms. The van der Waals surface area contributed by atoms with Gasteiger partial charge < -0.3 is 24.6 Å². The molecule has 31 heavy (non-hydrogen) atoms. The maximum atomic E-state index is 12.5. The first-order valence-electron chi connectivity index (χ1n) is 8.57. The average molecular weight is 427 g/mol. The number of hydrogen-bond acceptors (Lipinski definition) is 8. The lowest BCUT2D eigenvalue weighted by molar-refractivity contribution is -0.384. The molecule has 0 saturated heterocycles. The largest absolute Gasteiger partial charge is 0.496 e. The predicted octanol–water partition coefficient (Wildman–Crippen LogP) is 2.62. The summed E-state index contributed by atoms with van der Waals surface area (Å²) in [6.45, 7) is -0.571. The highest BCUT2D eigenvalue weighted by Crippen LogP contribution is 2.30. The van der Waals surface area contributed by atoms with Gasteiger partial charge in [-0.3, -0.25) is 14.9 Å². The number of carboxylic acid groups (broad SMARTS) is 1. The number of amides is 1. The number of carbonyl (C=O) groups is 2. The zero-order chi connectivity index (χ0) is 23.0. The van der Waals surface area contributed by atoms with E-state index in [0.717, 1.165) is 6.07 Å². The van der Waals surface area contributed by atoms with Crippen molar-refractivity contribution in [1.82, 2.24) is 0 Å². The van der Waals surface area contributed by atoms with Gasteiger partial charge in [0.25, 0.3) is 11.6 Å². The Hall–Kier alpha value is -4.59. The minimum absolute atomic E-state index is 0.105. The maximum Gasteiger partial charge on any atom is 0.341 e. The molecular formula is C20H17N3O8. The van der Waals surface area contributed by atoms with Crippen molar-refractivity contribution < 1.29 is 33.8 Å². The van der Waals surface area contributed by atoms with Crippen LogP contribution in [0.5, 0.6) is 17.2 Å². The van der Waals surface area contributed by atoms with Gasteiger partial charge in [0.2, 0.25) is 0 Å². The second-order valence-electron chi connectivity index (χ2n) is 5.86. The Labute approximate surface area is 176 Å². The van der Waals surface area contributed by atoms with Crippen molar-refractivity contribution in [3.63, 3.8) is 0 Å². The molecule has 0 aliphatic carbocycles. The molecule has 0 atom stereocenters. The van der Waals surface area contributed by atoms with Crippen LogP contribution in [-0.2, 0) is 9.59 Å². The van der Waals surface area contributed by atoms with Crippen LogP contribution in [0.1, 0.15) is 5.56 Å². The number of rotatable bonds is 9. The summed E-state index contributed by atoms with van der Waals surface area (Å²) in [4.78, 5) is 33.7. The number of carbonyl (C=O) groups excluding carboxylic acids is 1. The summed E-state index contributed by atoms with van der Waals surface area (Å²) in [5, 5.41) is 31.7. The van der Waals surface area contributed by atoms with Gasteiger partial charge in [0, 0.05) is 0 Å². The Morgan fingerprint density at radius 2 is 1.94 bits per heavy atom. The molecule has 160 valence electrons. The molecule has 2 N–H and O–H groups in total. The number of hydrogen-bond donors (Lipinski definition) is 2. The molecule has 0 unspecified atom stereocenters. The van der Waals surface area contributed by atoms with Crippen molar-refractivity contribution in [1.29, 1.82) is 5.26 Å². The Morgan fingerprint density at radius 3 is 2.52 bits per heavy atom. The van der Waals surface area contributed by atoms with Gasteiger partial charge in [-0.1, -0.05) is 6.07 Å². The van der Waals surface area contributed by atoms with Crippen molar-refractivity contribution in [3.05, 3.63) is 57.6 Å².